The maximum atomic E-state index is 13.8. The zero-order valence-corrected chi connectivity index (χ0v) is 26.2. The Balaban J connectivity index is 1.58. The molecule has 38 heavy (non-hydrogen) atoms. The van der Waals surface area contributed by atoms with Crippen LogP contribution < -0.4 is 15.6 Å². The number of benzene rings is 3. The largest absolute Gasteiger partial charge is 0.482 e. The molecule has 0 spiro atoms. The quantitative estimate of drug-likeness (QED) is 0.155. The minimum atomic E-state index is -0.515. The van der Waals surface area contributed by atoms with E-state index < -0.39 is 11.7 Å². The first kappa shape index (κ1) is 28.6. The number of anilines is 1. The summed E-state index contributed by atoms with van der Waals surface area (Å²) in [6, 6.07) is 15.1. The molecule has 0 bridgehead atoms. The Morgan fingerprint density at radius 3 is 2.61 bits per heavy atom. The third-order valence-corrected chi connectivity index (χ3v) is 7.82. The summed E-state index contributed by atoms with van der Waals surface area (Å²) in [6.07, 6.45) is 2.41. The molecule has 4 rings (SSSR count). The van der Waals surface area contributed by atoms with Gasteiger partial charge in [0.25, 0.3) is 11.5 Å². The Labute approximate surface area is 254 Å². The molecular weight excluding hydrogens is 781 g/mol. The summed E-state index contributed by atoms with van der Waals surface area (Å²) in [5, 5.41) is 7.50. The van der Waals surface area contributed by atoms with Gasteiger partial charge in [-0.15, -0.1) is 0 Å². The Hall–Kier alpha value is -2.39. The number of nitrogens with zero attached hydrogens (tertiary/aromatic N) is 3. The maximum Gasteiger partial charge on any atom is 0.282 e. The Morgan fingerprint density at radius 2 is 1.92 bits per heavy atom. The molecule has 1 N–H and O–H groups in total. The van der Waals surface area contributed by atoms with Crippen molar-refractivity contribution in [2.75, 3.05) is 11.9 Å². The van der Waals surface area contributed by atoms with Gasteiger partial charge in [-0.05, 0) is 99.6 Å². The number of hydrogen-bond acceptors (Lipinski definition) is 5. The van der Waals surface area contributed by atoms with Crippen LogP contribution in [0, 0.1) is 13.0 Å². The van der Waals surface area contributed by atoms with E-state index in [0.717, 1.165) is 23.6 Å². The van der Waals surface area contributed by atoms with Gasteiger partial charge >= 0.3 is 0 Å². The minimum absolute atomic E-state index is 0.0273. The first-order valence-corrected chi connectivity index (χ1v) is 14.6. The smallest absolute Gasteiger partial charge is 0.282 e. The number of nitrogens with one attached hydrogen (secondary N) is 1. The highest BCUT2D eigenvalue weighted by atomic mass is 127. The normalized spacial score (nSPS) is 12.2. The average Bonchev–Trinajstić information content (AvgIpc) is 2.88. The molecule has 7 nitrogen and oxygen atoms in total. The third kappa shape index (κ3) is 6.60. The predicted octanol–water partition coefficient (Wildman–Crippen LogP) is 6.92. The van der Waals surface area contributed by atoms with Crippen LogP contribution in [0.5, 0.6) is 5.75 Å². The lowest BCUT2D eigenvalue weighted by Crippen LogP contribution is -2.23. The number of hydrogen-bond donors (Lipinski definition) is 1. The number of para-hydroxylation sites is 1. The van der Waals surface area contributed by atoms with Crippen LogP contribution in [0.25, 0.3) is 10.9 Å². The van der Waals surface area contributed by atoms with Crippen LogP contribution in [-0.4, -0.2) is 28.4 Å². The Morgan fingerprint density at radius 1 is 1.21 bits per heavy atom. The van der Waals surface area contributed by atoms with Gasteiger partial charge in [-0.2, -0.15) is 9.78 Å². The van der Waals surface area contributed by atoms with Crippen LogP contribution in [0.3, 0.4) is 0 Å². The molecule has 1 atom stereocenters. The predicted molar refractivity (Wildman–Crippen MR) is 168 cm³/mol. The molecule has 0 saturated heterocycles. The number of carbonyl (C=O) groups is 1. The number of carbonyl (C=O) groups excluding carboxylic acids is 1. The van der Waals surface area contributed by atoms with E-state index in [9.17, 15) is 14.0 Å². The molecule has 0 radical (unpaired) electrons. The van der Waals surface area contributed by atoms with Gasteiger partial charge in [0, 0.05) is 10.4 Å². The van der Waals surface area contributed by atoms with Crippen molar-refractivity contribution in [1.29, 1.82) is 0 Å². The molecule has 0 aliphatic carbocycles. The van der Waals surface area contributed by atoms with Crippen molar-refractivity contribution < 1.29 is 13.9 Å². The minimum Gasteiger partial charge on any atom is -0.482 e. The zero-order valence-electron chi connectivity index (χ0n) is 20.3. The second-order valence-electron chi connectivity index (χ2n) is 8.43. The summed E-state index contributed by atoms with van der Waals surface area (Å²) < 4.78 is 23.2. The average molecular weight is 803 g/mol. The van der Waals surface area contributed by atoms with E-state index in [2.05, 4.69) is 71.5 Å². The molecule has 1 aromatic heterocycles. The van der Waals surface area contributed by atoms with Crippen LogP contribution in [0.2, 0.25) is 0 Å². The zero-order chi connectivity index (χ0) is 27.4. The fourth-order valence-electron chi connectivity index (χ4n) is 3.58. The summed E-state index contributed by atoms with van der Waals surface area (Å²) in [5.74, 6) is 0.160. The number of rotatable bonds is 8. The van der Waals surface area contributed by atoms with Crippen LogP contribution in [-0.2, 0) is 4.79 Å². The van der Waals surface area contributed by atoms with Gasteiger partial charge in [-0.1, -0.05) is 41.9 Å². The summed E-state index contributed by atoms with van der Waals surface area (Å²) in [6.45, 7) is 3.77. The van der Waals surface area contributed by atoms with Crippen LogP contribution >= 0.6 is 61.1 Å². The van der Waals surface area contributed by atoms with E-state index in [0.29, 0.717) is 22.5 Å². The first-order chi connectivity index (χ1) is 18.2. The fourth-order valence-corrected chi connectivity index (χ4v) is 6.07. The van der Waals surface area contributed by atoms with Crippen LogP contribution in [0.15, 0.2) is 69.0 Å². The molecular formula is C27H22BrFI2N4O3. The van der Waals surface area contributed by atoms with Gasteiger partial charge < -0.3 is 10.1 Å². The summed E-state index contributed by atoms with van der Waals surface area (Å²) >= 11 is 7.66. The van der Waals surface area contributed by atoms with Crippen LogP contribution in [0.1, 0.15) is 37.6 Å². The molecule has 0 aliphatic heterocycles. The van der Waals surface area contributed by atoms with Gasteiger partial charge in [0.1, 0.15) is 17.4 Å². The van der Waals surface area contributed by atoms with Crippen molar-refractivity contribution in [2.24, 2.45) is 5.10 Å². The van der Waals surface area contributed by atoms with Gasteiger partial charge in [0.15, 0.2) is 6.61 Å². The second kappa shape index (κ2) is 12.6. The highest BCUT2D eigenvalue weighted by Crippen LogP contribution is 2.29. The molecule has 3 aromatic carbocycles. The molecule has 4 aromatic rings. The van der Waals surface area contributed by atoms with Gasteiger partial charge in [-0.25, -0.2) is 9.37 Å². The van der Waals surface area contributed by atoms with Crippen molar-refractivity contribution in [3.8, 4) is 5.75 Å². The number of halogens is 4. The standard InChI is InChI=1S/C27H22BrFI2N4O3/c1-3-15(2)26-34-22-9-8-17(28)12-18(22)27(37)35(26)32-13-16-10-20(30)25(21(31)11-16)38-14-24(36)33-23-7-5-4-6-19(23)29/h4-13,15H,3,14H2,1-2H3,(H,33,36)/t15-/m0/s1. The Bertz CT molecular complexity index is 1590. The molecule has 0 fully saturated rings. The number of fused-ring (bicyclic) bond motifs is 1. The summed E-state index contributed by atoms with van der Waals surface area (Å²) in [7, 11) is 0. The second-order valence-corrected chi connectivity index (χ2v) is 11.7. The molecule has 0 aliphatic rings. The summed E-state index contributed by atoms with van der Waals surface area (Å²) in [5.41, 5.74) is 1.23. The molecule has 0 unspecified atom stereocenters. The Kier molecular flexibility index (Phi) is 9.52. The molecule has 1 heterocycles. The SMILES string of the molecule is CC[C@H](C)c1nc2ccc(Br)cc2c(=O)n1N=Cc1cc(I)c(OCC(=O)Nc2ccccc2F)c(I)c1. The maximum absolute atomic E-state index is 13.8. The van der Waals surface area contributed by atoms with Crippen molar-refractivity contribution in [3.63, 3.8) is 0 Å². The van der Waals surface area contributed by atoms with Crippen molar-refractivity contribution in [1.82, 2.24) is 9.66 Å². The highest BCUT2D eigenvalue weighted by Gasteiger charge is 2.16. The lowest BCUT2D eigenvalue weighted by Gasteiger charge is -2.14. The number of ether oxygens (including phenoxy) is 1. The topological polar surface area (TPSA) is 85.6 Å². The van der Waals surface area contributed by atoms with E-state index in [-0.39, 0.29) is 23.8 Å². The molecule has 1 amide bonds. The lowest BCUT2D eigenvalue weighted by molar-refractivity contribution is -0.118. The molecule has 196 valence electrons. The van der Waals surface area contributed by atoms with Crippen molar-refractivity contribution in [2.45, 2.75) is 26.2 Å². The van der Waals surface area contributed by atoms with E-state index in [1.165, 1.54) is 16.8 Å². The van der Waals surface area contributed by atoms with E-state index in [1.807, 2.05) is 38.1 Å². The van der Waals surface area contributed by atoms with Gasteiger partial charge in [0.2, 0.25) is 0 Å². The fraction of sp³-hybridized carbons (Fsp3) is 0.185. The monoisotopic (exact) mass is 802 g/mol. The van der Waals surface area contributed by atoms with Gasteiger partial charge in [0.05, 0.1) is 29.9 Å². The van der Waals surface area contributed by atoms with Crippen molar-refractivity contribution in [3.05, 3.63) is 93.8 Å². The first-order valence-electron chi connectivity index (χ1n) is 11.6. The highest BCUT2D eigenvalue weighted by molar-refractivity contribution is 14.1. The van der Waals surface area contributed by atoms with E-state index in [1.54, 1.807) is 24.4 Å². The summed E-state index contributed by atoms with van der Waals surface area (Å²) in [4.78, 5) is 30.3. The van der Waals surface area contributed by atoms with Crippen LogP contribution in [0.4, 0.5) is 10.1 Å². The lowest BCUT2D eigenvalue weighted by atomic mass is 10.1. The molecule has 11 heteroatoms. The molecule has 0 saturated carbocycles. The van der Waals surface area contributed by atoms with Gasteiger partial charge in [-0.3, -0.25) is 9.59 Å². The number of aromatic nitrogens is 2. The third-order valence-electron chi connectivity index (χ3n) is 5.72. The van der Waals surface area contributed by atoms with E-state index in [4.69, 9.17) is 9.72 Å². The van der Waals surface area contributed by atoms with Crippen molar-refractivity contribution >= 4 is 89.8 Å². The van der Waals surface area contributed by atoms with E-state index >= 15 is 0 Å². The number of amides is 1.